The van der Waals surface area contributed by atoms with E-state index in [9.17, 15) is 4.79 Å². The molecule has 0 bridgehead atoms. The van der Waals surface area contributed by atoms with Crippen molar-refractivity contribution in [2.45, 2.75) is 19.9 Å². The zero-order chi connectivity index (χ0) is 15.7. The molecule has 2 aromatic rings. The fourth-order valence-electron chi connectivity index (χ4n) is 2.77. The number of piperazine rings is 1. The van der Waals surface area contributed by atoms with Gasteiger partial charge in [0.05, 0.1) is 23.1 Å². The fourth-order valence-corrected chi connectivity index (χ4v) is 3.16. The van der Waals surface area contributed by atoms with E-state index in [1.807, 2.05) is 40.8 Å². The second-order valence-electron chi connectivity index (χ2n) is 5.64. The number of benzene rings is 1. The minimum atomic E-state index is 0.0621. The number of nitrogens with one attached hydrogen (secondary N) is 1. The van der Waals surface area contributed by atoms with E-state index in [0.717, 1.165) is 35.5 Å². The first kappa shape index (κ1) is 15.2. The SMILES string of the molecule is Cc1c(C(=O)N2CCNC(C)C2)cnn1-c1cccc(Br)c1. The molecule has 0 saturated carbocycles. The number of amides is 1. The van der Waals surface area contributed by atoms with Crippen LogP contribution in [0.1, 0.15) is 23.0 Å². The van der Waals surface area contributed by atoms with Gasteiger partial charge >= 0.3 is 0 Å². The normalized spacial score (nSPS) is 18.5. The van der Waals surface area contributed by atoms with Gasteiger partial charge in [-0.2, -0.15) is 5.10 Å². The van der Waals surface area contributed by atoms with Gasteiger partial charge in [-0.25, -0.2) is 4.68 Å². The van der Waals surface area contributed by atoms with Crippen molar-refractivity contribution < 1.29 is 4.79 Å². The predicted octanol–water partition coefficient (Wildman–Crippen LogP) is 2.38. The van der Waals surface area contributed by atoms with E-state index in [-0.39, 0.29) is 5.91 Å². The summed E-state index contributed by atoms with van der Waals surface area (Å²) >= 11 is 3.47. The molecular formula is C16H19BrN4O. The molecule has 0 spiro atoms. The molecule has 5 nitrogen and oxygen atoms in total. The molecule has 1 N–H and O–H groups in total. The van der Waals surface area contributed by atoms with E-state index in [0.29, 0.717) is 11.6 Å². The Morgan fingerprint density at radius 2 is 2.27 bits per heavy atom. The van der Waals surface area contributed by atoms with E-state index in [4.69, 9.17) is 0 Å². The van der Waals surface area contributed by atoms with Crippen molar-refractivity contribution in [2.75, 3.05) is 19.6 Å². The van der Waals surface area contributed by atoms with Gasteiger partial charge in [-0.1, -0.05) is 22.0 Å². The third kappa shape index (κ3) is 2.94. The highest BCUT2D eigenvalue weighted by Gasteiger charge is 2.24. The predicted molar refractivity (Wildman–Crippen MR) is 89.4 cm³/mol. The van der Waals surface area contributed by atoms with Crippen LogP contribution in [0, 0.1) is 6.92 Å². The van der Waals surface area contributed by atoms with Gasteiger partial charge in [0.2, 0.25) is 0 Å². The van der Waals surface area contributed by atoms with Crippen LogP contribution in [-0.2, 0) is 0 Å². The number of nitrogens with zero attached hydrogens (tertiary/aromatic N) is 3. The molecule has 1 amide bonds. The molecule has 1 aromatic carbocycles. The summed E-state index contributed by atoms with van der Waals surface area (Å²) in [4.78, 5) is 14.6. The van der Waals surface area contributed by atoms with Gasteiger partial charge in [0.15, 0.2) is 0 Å². The Kier molecular flexibility index (Phi) is 4.31. The highest BCUT2D eigenvalue weighted by Crippen LogP contribution is 2.19. The van der Waals surface area contributed by atoms with Gasteiger partial charge in [0.1, 0.15) is 0 Å². The van der Waals surface area contributed by atoms with Crippen LogP contribution in [0.5, 0.6) is 0 Å². The minimum absolute atomic E-state index is 0.0621. The Hall–Kier alpha value is -1.66. The number of carbonyl (C=O) groups is 1. The van der Waals surface area contributed by atoms with Gasteiger partial charge < -0.3 is 10.2 Å². The summed E-state index contributed by atoms with van der Waals surface area (Å²) in [6.45, 7) is 6.35. The summed E-state index contributed by atoms with van der Waals surface area (Å²) in [5.74, 6) is 0.0621. The standard InChI is InChI=1S/C16H19BrN4O/c1-11-10-20(7-6-18-11)16(22)15-9-19-21(12(15)2)14-5-3-4-13(17)8-14/h3-5,8-9,11,18H,6-7,10H2,1-2H3. The maximum atomic E-state index is 12.7. The Labute approximate surface area is 138 Å². The maximum absolute atomic E-state index is 12.7. The topological polar surface area (TPSA) is 50.2 Å². The maximum Gasteiger partial charge on any atom is 0.257 e. The average molecular weight is 363 g/mol. The molecule has 1 aliphatic rings. The second kappa shape index (κ2) is 6.22. The van der Waals surface area contributed by atoms with E-state index in [2.05, 4.69) is 33.3 Å². The van der Waals surface area contributed by atoms with Gasteiger partial charge in [0, 0.05) is 30.1 Å². The van der Waals surface area contributed by atoms with Gasteiger partial charge in [0.25, 0.3) is 5.91 Å². The number of hydrogen-bond donors (Lipinski definition) is 1. The molecule has 1 atom stereocenters. The van der Waals surface area contributed by atoms with Crippen LogP contribution in [0.4, 0.5) is 0 Å². The van der Waals surface area contributed by atoms with Crippen LogP contribution in [0.2, 0.25) is 0 Å². The lowest BCUT2D eigenvalue weighted by Gasteiger charge is -2.31. The molecule has 1 unspecified atom stereocenters. The monoisotopic (exact) mass is 362 g/mol. The number of aromatic nitrogens is 2. The smallest absolute Gasteiger partial charge is 0.257 e. The third-order valence-electron chi connectivity index (χ3n) is 3.95. The molecule has 1 fully saturated rings. The molecule has 1 aliphatic heterocycles. The number of hydrogen-bond acceptors (Lipinski definition) is 3. The van der Waals surface area contributed by atoms with Crippen LogP contribution < -0.4 is 5.32 Å². The Balaban J connectivity index is 1.88. The zero-order valence-corrected chi connectivity index (χ0v) is 14.3. The molecule has 22 heavy (non-hydrogen) atoms. The Morgan fingerprint density at radius 3 is 3.00 bits per heavy atom. The summed E-state index contributed by atoms with van der Waals surface area (Å²) in [5, 5.41) is 7.74. The van der Waals surface area contributed by atoms with Crippen LogP contribution in [0.25, 0.3) is 5.69 Å². The van der Waals surface area contributed by atoms with Crippen molar-refractivity contribution in [1.29, 1.82) is 0 Å². The van der Waals surface area contributed by atoms with Crippen molar-refractivity contribution >= 4 is 21.8 Å². The summed E-state index contributed by atoms with van der Waals surface area (Å²) < 4.78 is 2.80. The van der Waals surface area contributed by atoms with Crippen molar-refractivity contribution in [3.63, 3.8) is 0 Å². The van der Waals surface area contributed by atoms with Crippen molar-refractivity contribution in [2.24, 2.45) is 0 Å². The van der Waals surface area contributed by atoms with Gasteiger partial charge in [-0.15, -0.1) is 0 Å². The molecule has 1 aromatic heterocycles. The van der Waals surface area contributed by atoms with Crippen LogP contribution >= 0.6 is 15.9 Å². The molecule has 0 aliphatic carbocycles. The first-order valence-electron chi connectivity index (χ1n) is 7.39. The lowest BCUT2D eigenvalue weighted by molar-refractivity contribution is 0.0708. The molecule has 0 radical (unpaired) electrons. The minimum Gasteiger partial charge on any atom is -0.336 e. The summed E-state index contributed by atoms with van der Waals surface area (Å²) in [7, 11) is 0. The molecule has 3 rings (SSSR count). The number of halogens is 1. The van der Waals surface area contributed by atoms with Gasteiger partial charge in [-0.3, -0.25) is 4.79 Å². The van der Waals surface area contributed by atoms with E-state index >= 15 is 0 Å². The lowest BCUT2D eigenvalue weighted by atomic mass is 10.1. The van der Waals surface area contributed by atoms with E-state index in [1.165, 1.54) is 0 Å². The summed E-state index contributed by atoms with van der Waals surface area (Å²) in [5.41, 5.74) is 2.49. The van der Waals surface area contributed by atoms with Crippen LogP contribution in [-0.4, -0.2) is 46.3 Å². The molecule has 6 heteroatoms. The number of carbonyl (C=O) groups excluding carboxylic acids is 1. The first-order valence-corrected chi connectivity index (χ1v) is 8.19. The molecule has 116 valence electrons. The zero-order valence-electron chi connectivity index (χ0n) is 12.7. The lowest BCUT2D eigenvalue weighted by Crippen LogP contribution is -2.51. The molecule has 1 saturated heterocycles. The van der Waals surface area contributed by atoms with E-state index in [1.54, 1.807) is 6.20 Å². The fraction of sp³-hybridized carbons (Fsp3) is 0.375. The molecule has 2 heterocycles. The van der Waals surface area contributed by atoms with Crippen molar-refractivity contribution in [3.8, 4) is 5.69 Å². The second-order valence-corrected chi connectivity index (χ2v) is 6.56. The highest BCUT2D eigenvalue weighted by molar-refractivity contribution is 9.10. The largest absolute Gasteiger partial charge is 0.336 e. The van der Waals surface area contributed by atoms with Crippen molar-refractivity contribution in [3.05, 3.63) is 46.2 Å². The Bertz CT molecular complexity index is 697. The van der Waals surface area contributed by atoms with E-state index < -0.39 is 0 Å². The molecular weight excluding hydrogens is 344 g/mol. The van der Waals surface area contributed by atoms with Gasteiger partial charge in [-0.05, 0) is 32.0 Å². The summed E-state index contributed by atoms with van der Waals surface area (Å²) in [6.07, 6.45) is 1.67. The first-order chi connectivity index (χ1) is 10.6. The quantitative estimate of drug-likeness (QED) is 0.892. The summed E-state index contributed by atoms with van der Waals surface area (Å²) in [6, 6.07) is 8.22. The third-order valence-corrected chi connectivity index (χ3v) is 4.44. The van der Waals surface area contributed by atoms with Crippen molar-refractivity contribution in [1.82, 2.24) is 20.0 Å². The average Bonchev–Trinajstić information content (AvgIpc) is 2.88. The number of rotatable bonds is 2. The van der Waals surface area contributed by atoms with Crippen LogP contribution in [0.15, 0.2) is 34.9 Å². The Morgan fingerprint density at radius 1 is 1.45 bits per heavy atom. The highest BCUT2D eigenvalue weighted by atomic mass is 79.9. The van der Waals surface area contributed by atoms with Crippen LogP contribution in [0.3, 0.4) is 0 Å².